The number of alkyl halides is 6. The minimum atomic E-state index is -4.61. The van der Waals surface area contributed by atoms with E-state index in [4.69, 9.17) is 0 Å². The minimum Gasteiger partial charge on any atom is -0.507 e. The van der Waals surface area contributed by atoms with Gasteiger partial charge in [-0.05, 0) is 37.1 Å². The Kier molecular flexibility index (Phi) is 6.28. The van der Waals surface area contributed by atoms with Gasteiger partial charge >= 0.3 is 6.18 Å². The largest absolute Gasteiger partial charge is 0.507 e. The smallest absolute Gasteiger partial charge is 0.416 e. The molecule has 4 rings (SSSR count). The zero-order valence-corrected chi connectivity index (χ0v) is 17.0. The number of nitrogens with zero attached hydrogens (tertiary/aromatic N) is 4. The first kappa shape index (κ1) is 23.0. The molecule has 1 aliphatic heterocycles. The number of benzene rings is 1. The Morgan fingerprint density at radius 3 is 2.58 bits per heavy atom. The molecule has 1 aromatic carbocycles. The highest BCUT2D eigenvalue weighted by atomic mass is 19.4. The van der Waals surface area contributed by atoms with Crippen LogP contribution in [0.2, 0.25) is 0 Å². The number of pyridine rings is 1. The lowest BCUT2D eigenvalue weighted by atomic mass is 10.0. The van der Waals surface area contributed by atoms with Crippen LogP contribution >= 0.6 is 0 Å². The van der Waals surface area contributed by atoms with Crippen LogP contribution < -0.4 is 5.32 Å². The van der Waals surface area contributed by atoms with Crippen LogP contribution in [-0.4, -0.2) is 57.0 Å². The molecule has 0 saturated carbocycles. The Balaban J connectivity index is 1.65. The van der Waals surface area contributed by atoms with Crippen molar-refractivity contribution >= 4 is 16.6 Å². The molecule has 0 bridgehead atoms. The van der Waals surface area contributed by atoms with Crippen molar-refractivity contribution in [2.24, 2.45) is 0 Å². The molecule has 33 heavy (non-hydrogen) atoms. The van der Waals surface area contributed by atoms with Crippen molar-refractivity contribution in [3.05, 3.63) is 42.2 Å². The van der Waals surface area contributed by atoms with Gasteiger partial charge in [0.2, 0.25) is 6.30 Å². The van der Waals surface area contributed by atoms with E-state index in [0.29, 0.717) is 29.7 Å². The highest BCUT2D eigenvalue weighted by molar-refractivity contribution is 6.00. The normalized spacial score (nSPS) is 18.6. The van der Waals surface area contributed by atoms with Gasteiger partial charge in [-0.25, -0.2) is 13.2 Å². The van der Waals surface area contributed by atoms with E-state index in [-0.39, 0.29) is 36.2 Å². The molecule has 6 nitrogen and oxygen atoms in total. The standard InChI is InChI=1S/C21H19F6N5O/c22-18(23)19(24)32-7-1-2-12(10-32)29-20-15-9-28-6-5-13(15)17(30-31-20)14-4-3-11(8-16(14)33)21(25,26)27/h3-6,8-9,12,18-19,33H,1-2,7,10H2,(H,29,31)/t12-,19?/m1/s1. The predicted octanol–water partition coefficient (Wildman–Crippen LogP) is 4.85. The molecule has 3 aromatic rings. The molecular formula is C21H19F6N5O. The third-order valence-corrected chi connectivity index (χ3v) is 5.51. The lowest BCUT2D eigenvalue weighted by Crippen LogP contribution is -2.48. The number of anilines is 1. The number of rotatable bonds is 5. The fraction of sp³-hybridized carbons (Fsp3) is 0.381. The minimum absolute atomic E-state index is 0.0381. The Bertz CT molecular complexity index is 1140. The lowest BCUT2D eigenvalue weighted by molar-refractivity contribution is -0.137. The first-order valence-corrected chi connectivity index (χ1v) is 10.1. The van der Waals surface area contributed by atoms with Gasteiger partial charge in [0.1, 0.15) is 11.4 Å². The van der Waals surface area contributed by atoms with Crippen LogP contribution in [0.5, 0.6) is 5.75 Å². The van der Waals surface area contributed by atoms with E-state index in [0.717, 1.165) is 17.0 Å². The fourth-order valence-corrected chi connectivity index (χ4v) is 3.91. The quantitative estimate of drug-likeness (QED) is 0.409. The van der Waals surface area contributed by atoms with Gasteiger partial charge in [-0.2, -0.15) is 13.2 Å². The van der Waals surface area contributed by atoms with Gasteiger partial charge < -0.3 is 10.4 Å². The Morgan fingerprint density at radius 1 is 1.09 bits per heavy atom. The maximum absolute atomic E-state index is 13.8. The molecule has 3 heterocycles. The molecule has 1 aliphatic rings. The Hall–Kier alpha value is -3.15. The summed E-state index contributed by atoms with van der Waals surface area (Å²) in [6, 6.07) is 3.76. The molecule has 1 saturated heterocycles. The van der Waals surface area contributed by atoms with Gasteiger partial charge in [0.15, 0.2) is 5.82 Å². The number of phenols is 1. The van der Waals surface area contributed by atoms with E-state index in [1.54, 1.807) is 6.07 Å². The molecule has 0 amide bonds. The summed E-state index contributed by atoms with van der Waals surface area (Å²) in [7, 11) is 0. The van der Waals surface area contributed by atoms with Gasteiger partial charge in [0, 0.05) is 47.9 Å². The van der Waals surface area contributed by atoms with Crippen LogP contribution in [0, 0.1) is 0 Å². The zero-order chi connectivity index (χ0) is 23.8. The van der Waals surface area contributed by atoms with E-state index < -0.39 is 30.2 Å². The number of halogens is 6. The number of piperidine rings is 1. The van der Waals surface area contributed by atoms with Crippen molar-refractivity contribution in [3.63, 3.8) is 0 Å². The third kappa shape index (κ3) is 4.80. The van der Waals surface area contributed by atoms with Crippen LogP contribution in [0.1, 0.15) is 18.4 Å². The SMILES string of the molecule is Oc1cc(C(F)(F)F)ccc1-c1nnc(N[C@@H]2CCCN(C(F)C(F)F)C2)c2cnccc12. The van der Waals surface area contributed by atoms with Crippen LogP contribution in [0.4, 0.5) is 32.2 Å². The van der Waals surface area contributed by atoms with Crippen molar-refractivity contribution < 1.29 is 31.4 Å². The summed E-state index contributed by atoms with van der Waals surface area (Å²) >= 11 is 0. The van der Waals surface area contributed by atoms with Gasteiger partial charge in [0.25, 0.3) is 6.43 Å². The summed E-state index contributed by atoms with van der Waals surface area (Å²) in [4.78, 5) is 5.11. The summed E-state index contributed by atoms with van der Waals surface area (Å²) in [6.45, 7) is 0.250. The summed E-state index contributed by atoms with van der Waals surface area (Å²) in [5.74, 6) is -0.339. The van der Waals surface area contributed by atoms with Gasteiger partial charge in [0.05, 0.1) is 5.56 Å². The van der Waals surface area contributed by atoms with E-state index in [2.05, 4.69) is 20.5 Å². The molecule has 0 aliphatic carbocycles. The van der Waals surface area contributed by atoms with E-state index >= 15 is 0 Å². The lowest BCUT2D eigenvalue weighted by Gasteiger charge is -2.35. The molecule has 2 aromatic heterocycles. The van der Waals surface area contributed by atoms with Crippen LogP contribution in [0.3, 0.4) is 0 Å². The number of hydrogen-bond donors (Lipinski definition) is 2. The second-order valence-corrected chi connectivity index (χ2v) is 7.73. The topological polar surface area (TPSA) is 74.2 Å². The average molecular weight is 471 g/mol. The predicted molar refractivity (Wildman–Crippen MR) is 109 cm³/mol. The second kappa shape index (κ2) is 9.00. The highest BCUT2D eigenvalue weighted by Crippen LogP contribution is 2.38. The molecule has 1 unspecified atom stereocenters. The first-order chi connectivity index (χ1) is 15.6. The first-order valence-electron chi connectivity index (χ1n) is 10.1. The highest BCUT2D eigenvalue weighted by Gasteiger charge is 2.33. The van der Waals surface area contributed by atoms with Crippen molar-refractivity contribution in [2.45, 2.75) is 37.8 Å². The van der Waals surface area contributed by atoms with Gasteiger partial charge in [-0.1, -0.05) is 0 Å². The van der Waals surface area contributed by atoms with E-state index in [1.165, 1.54) is 12.4 Å². The molecule has 0 spiro atoms. The van der Waals surface area contributed by atoms with E-state index in [1.807, 2.05) is 0 Å². The maximum Gasteiger partial charge on any atom is 0.416 e. The van der Waals surface area contributed by atoms with E-state index in [9.17, 15) is 31.4 Å². The Morgan fingerprint density at radius 2 is 1.88 bits per heavy atom. The number of phenolic OH excluding ortho intramolecular Hbond substituents is 1. The summed E-state index contributed by atoms with van der Waals surface area (Å²) < 4.78 is 78.1. The molecule has 1 fully saturated rings. The zero-order valence-electron chi connectivity index (χ0n) is 17.0. The monoisotopic (exact) mass is 471 g/mol. The summed E-state index contributed by atoms with van der Waals surface area (Å²) in [5.41, 5.74) is -0.798. The van der Waals surface area contributed by atoms with Gasteiger partial charge in [-0.15, -0.1) is 10.2 Å². The molecular weight excluding hydrogens is 452 g/mol. The van der Waals surface area contributed by atoms with Crippen molar-refractivity contribution in [1.29, 1.82) is 0 Å². The van der Waals surface area contributed by atoms with Crippen LogP contribution in [0.15, 0.2) is 36.7 Å². The molecule has 2 atom stereocenters. The molecule has 2 N–H and O–H groups in total. The number of likely N-dealkylation sites (tertiary alicyclic amines) is 1. The van der Waals surface area contributed by atoms with Crippen molar-refractivity contribution in [1.82, 2.24) is 20.1 Å². The number of nitrogens with one attached hydrogen (secondary N) is 1. The fourth-order valence-electron chi connectivity index (χ4n) is 3.91. The average Bonchev–Trinajstić information content (AvgIpc) is 2.78. The van der Waals surface area contributed by atoms with Crippen molar-refractivity contribution in [2.75, 3.05) is 18.4 Å². The maximum atomic E-state index is 13.8. The number of aromatic nitrogens is 3. The second-order valence-electron chi connectivity index (χ2n) is 7.73. The molecule has 0 radical (unpaired) electrons. The number of fused-ring (bicyclic) bond motifs is 1. The van der Waals surface area contributed by atoms with Crippen LogP contribution in [0.25, 0.3) is 22.0 Å². The summed E-state index contributed by atoms with van der Waals surface area (Å²) in [6.07, 6.45) is -6.05. The van der Waals surface area contributed by atoms with Gasteiger partial charge in [-0.3, -0.25) is 9.88 Å². The molecule has 176 valence electrons. The van der Waals surface area contributed by atoms with Crippen LogP contribution in [-0.2, 0) is 6.18 Å². The molecule has 12 heteroatoms. The Labute approximate surface area is 184 Å². The summed E-state index contributed by atoms with van der Waals surface area (Å²) in [5, 5.41) is 22.4. The number of aromatic hydroxyl groups is 1. The third-order valence-electron chi connectivity index (χ3n) is 5.51. The number of hydrogen-bond acceptors (Lipinski definition) is 6. The van der Waals surface area contributed by atoms with Crippen molar-refractivity contribution in [3.8, 4) is 17.0 Å².